The zero-order chi connectivity index (χ0) is 21.2. The van der Waals surface area contributed by atoms with Gasteiger partial charge in [-0.05, 0) is 30.2 Å². The van der Waals surface area contributed by atoms with Crippen LogP contribution in [0.25, 0.3) is 17.0 Å². The molecule has 29 heavy (non-hydrogen) atoms. The largest absolute Gasteiger partial charge is 0.395 e. The summed E-state index contributed by atoms with van der Waals surface area (Å²) in [6, 6.07) is 8.04. The lowest BCUT2D eigenvalue weighted by Crippen LogP contribution is -2.13. The third-order valence-corrected chi connectivity index (χ3v) is 4.11. The Morgan fingerprint density at radius 1 is 1.34 bits per heavy atom. The number of aliphatic hydroxyl groups excluding tert-OH is 1. The summed E-state index contributed by atoms with van der Waals surface area (Å²) >= 11 is 0. The van der Waals surface area contributed by atoms with Crippen LogP contribution in [0.2, 0.25) is 0 Å². The van der Waals surface area contributed by atoms with Gasteiger partial charge < -0.3 is 15.3 Å². The van der Waals surface area contributed by atoms with E-state index in [1.165, 1.54) is 0 Å². The third kappa shape index (κ3) is 5.86. The second-order valence-electron chi connectivity index (χ2n) is 6.55. The van der Waals surface area contributed by atoms with E-state index in [0.29, 0.717) is 18.2 Å². The molecule has 0 saturated carbocycles. The molecule has 0 bridgehead atoms. The molecule has 0 aliphatic carbocycles. The zero-order valence-electron chi connectivity index (χ0n) is 17.6. The first-order chi connectivity index (χ1) is 14.0. The van der Waals surface area contributed by atoms with E-state index in [1.54, 1.807) is 13.2 Å². The number of allylic oxidation sites excluding steroid dienone is 4. The molecule has 6 nitrogen and oxygen atoms in total. The Kier molecular flexibility index (Phi) is 8.30. The summed E-state index contributed by atoms with van der Waals surface area (Å²) in [6.45, 7) is 6.25. The highest BCUT2D eigenvalue weighted by Crippen LogP contribution is 2.24. The summed E-state index contributed by atoms with van der Waals surface area (Å²) in [5, 5.41) is 12.4. The monoisotopic (exact) mass is 391 g/mol. The van der Waals surface area contributed by atoms with Crippen molar-refractivity contribution in [3.63, 3.8) is 0 Å². The predicted octanol–water partition coefficient (Wildman–Crippen LogP) is 3.63. The molecule has 0 aliphatic heterocycles. The van der Waals surface area contributed by atoms with Crippen molar-refractivity contribution in [3.8, 4) is 11.4 Å². The molecule has 6 heteroatoms. The van der Waals surface area contributed by atoms with Crippen LogP contribution in [0.4, 0.5) is 5.82 Å². The minimum absolute atomic E-state index is 0.00844. The topological polar surface area (TPSA) is 73.6 Å². The molecule has 2 aromatic rings. The van der Waals surface area contributed by atoms with E-state index in [0.717, 1.165) is 28.0 Å². The molecule has 1 aromatic carbocycles. The highest BCUT2D eigenvalue weighted by Gasteiger charge is 2.12. The Morgan fingerprint density at radius 3 is 2.76 bits per heavy atom. The van der Waals surface area contributed by atoms with Crippen molar-refractivity contribution < 1.29 is 5.11 Å². The van der Waals surface area contributed by atoms with E-state index < -0.39 is 0 Å². The van der Waals surface area contributed by atoms with Gasteiger partial charge in [0.25, 0.3) is 0 Å². The number of rotatable bonds is 9. The third-order valence-electron chi connectivity index (χ3n) is 4.11. The maximum Gasteiger partial charge on any atom is 0.161 e. The number of aromatic nitrogens is 2. The predicted molar refractivity (Wildman–Crippen MR) is 122 cm³/mol. The lowest BCUT2D eigenvalue weighted by molar-refractivity contribution is 0.311. The van der Waals surface area contributed by atoms with Gasteiger partial charge in [0.1, 0.15) is 5.82 Å². The quantitative estimate of drug-likeness (QED) is 0.504. The molecule has 0 unspecified atom stereocenters. The van der Waals surface area contributed by atoms with Gasteiger partial charge in [-0.3, -0.25) is 4.99 Å². The second-order valence-corrected chi connectivity index (χ2v) is 6.55. The standard InChI is InChI=1S/C23H29N5O/c1-6-9-21(24-3)20-15-26-22(27-23(20)25-12-13-29)19-11-8-10-18(14-19)17(7-2)16-28(4)5/h6-11,14-16,29H,2,12-13H2,1,3-5H3,(H,25,26,27)/b9-6-,17-16+,24-21?. The molecule has 2 N–H and O–H groups in total. The minimum atomic E-state index is 0.00844. The molecule has 152 valence electrons. The maximum atomic E-state index is 9.23. The Bertz CT molecular complexity index is 929. The van der Waals surface area contributed by atoms with Gasteiger partial charge >= 0.3 is 0 Å². The van der Waals surface area contributed by atoms with Crippen LogP contribution in [0, 0.1) is 0 Å². The number of hydrogen-bond donors (Lipinski definition) is 2. The van der Waals surface area contributed by atoms with Crippen LogP contribution in [0.1, 0.15) is 18.1 Å². The van der Waals surface area contributed by atoms with E-state index >= 15 is 0 Å². The number of aliphatic hydroxyl groups is 1. The Balaban J connectivity index is 2.52. The molecular weight excluding hydrogens is 362 g/mol. The van der Waals surface area contributed by atoms with Gasteiger partial charge in [-0.25, -0.2) is 9.97 Å². The molecule has 1 aromatic heterocycles. The lowest BCUT2D eigenvalue weighted by atomic mass is 10.0. The van der Waals surface area contributed by atoms with E-state index in [2.05, 4.69) is 21.9 Å². The molecule has 1 heterocycles. The number of nitrogens with one attached hydrogen (secondary N) is 1. The number of nitrogens with zero attached hydrogens (tertiary/aromatic N) is 4. The van der Waals surface area contributed by atoms with Crippen LogP contribution in [-0.2, 0) is 0 Å². The molecule has 0 spiro atoms. The van der Waals surface area contributed by atoms with Crippen molar-refractivity contribution >= 4 is 17.1 Å². The average molecular weight is 392 g/mol. The Morgan fingerprint density at radius 2 is 2.14 bits per heavy atom. The van der Waals surface area contributed by atoms with Crippen molar-refractivity contribution in [2.24, 2.45) is 4.99 Å². The summed E-state index contributed by atoms with van der Waals surface area (Å²) in [5.41, 5.74) is 4.51. The van der Waals surface area contributed by atoms with Gasteiger partial charge in [0.2, 0.25) is 0 Å². The van der Waals surface area contributed by atoms with Crippen molar-refractivity contribution in [2.75, 3.05) is 39.6 Å². The van der Waals surface area contributed by atoms with Gasteiger partial charge in [0.15, 0.2) is 5.82 Å². The lowest BCUT2D eigenvalue weighted by Gasteiger charge is -2.13. The Labute approximate surface area is 173 Å². The molecule has 0 saturated heterocycles. The SMILES string of the molecule is C=C/C(=C\N(C)C)c1cccc(-c2ncc(C(/C=C\C)=NC)c(NCCO)n2)c1. The molecule has 0 radical (unpaired) electrons. The number of hydrogen-bond acceptors (Lipinski definition) is 6. The summed E-state index contributed by atoms with van der Waals surface area (Å²) in [4.78, 5) is 15.6. The number of aliphatic imine (C=N–C) groups is 1. The fraction of sp³-hybridized carbons (Fsp3) is 0.261. The average Bonchev–Trinajstić information content (AvgIpc) is 2.74. The molecule has 2 rings (SSSR count). The zero-order valence-corrected chi connectivity index (χ0v) is 17.6. The summed E-state index contributed by atoms with van der Waals surface area (Å²) < 4.78 is 0. The summed E-state index contributed by atoms with van der Waals surface area (Å²) in [6.07, 6.45) is 9.44. The Hall–Kier alpha value is -3.25. The first kappa shape index (κ1) is 22.0. The first-order valence-electron chi connectivity index (χ1n) is 9.47. The van der Waals surface area contributed by atoms with Crippen LogP contribution in [0.15, 0.2) is 66.5 Å². The highest BCUT2D eigenvalue weighted by atomic mass is 16.3. The van der Waals surface area contributed by atoms with Crippen molar-refractivity contribution in [1.29, 1.82) is 0 Å². The van der Waals surface area contributed by atoms with Gasteiger partial charge in [-0.15, -0.1) is 0 Å². The second kappa shape index (κ2) is 10.9. The van der Waals surface area contributed by atoms with Crippen LogP contribution in [-0.4, -0.2) is 60.0 Å². The van der Waals surface area contributed by atoms with Gasteiger partial charge in [0.05, 0.1) is 17.9 Å². The van der Waals surface area contributed by atoms with E-state index in [1.807, 2.05) is 74.6 Å². The fourth-order valence-corrected chi connectivity index (χ4v) is 2.82. The molecule has 0 fully saturated rings. The molecular formula is C23H29N5O. The van der Waals surface area contributed by atoms with E-state index in [9.17, 15) is 5.11 Å². The highest BCUT2D eigenvalue weighted by molar-refractivity contribution is 6.11. The molecule has 0 amide bonds. The number of benzene rings is 1. The van der Waals surface area contributed by atoms with Crippen molar-refractivity contribution in [1.82, 2.24) is 14.9 Å². The maximum absolute atomic E-state index is 9.23. The van der Waals surface area contributed by atoms with E-state index in [-0.39, 0.29) is 6.61 Å². The smallest absolute Gasteiger partial charge is 0.161 e. The summed E-state index contributed by atoms with van der Waals surface area (Å²) in [7, 11) is 5.69. The number of anilines is 1. The van der Waals surface area contributed by atoms with Crippen molar-refractivity contribution in [2.45, 2.75) is 6.92 Å². The van der Waals surface area contributed by atoms with Gasteiger partial charge in [0, 0.05) is 45.6 Å². The molecule has 0 aliphatic rings. The van der Waals surface area contributed by atoms with Crippen LogP contribution < -0.4 is 5.32 Å². The first-order valence-corrected chi connectivity index (χ1v) is 9.47. The summed E-state index contributed by atoms with van der Waals surface area (Å²) in [5.74, 6) is 1.24. The van der Waals surface area contributed by atoms with Gasteiger partial charge in [-0.1, -0.05) is 36.9 Å². The normalized spacial score (nSPS) is 12.3. The van der Waals surface area contributed by atoms with Crippen molar-refractivity contribution in [3.05, 3.63) is 72.6 Å². The van der Waals surface area contributed by atoms with Gasteiger partial charge in [-0.2, -0.15) is 0 Å². The minimum Gasteiger partial charge on any atom is -0.395 e. The van der Waals surface area contributed by atoms with E-state index in [4.69, 9.17) is 4.98 Å². The molecule has 0 atom stereocenters. The van der Waals surface area contributed by atoms with Crippen LogP contribution in [0.5, 0.6) is 0 Å². The van der Waals surface area contributed by atoms with Crippen LogP contribution >= 0.6 is 0 Å². The fourth-order valence-electron chi connectivity index (χ4n) is 2.82. The van der Waals surface area contributed by atoms with Crippen LogP contribution in [0.3, 0.4) is 0 Å².